The van der Waals surface area contributed by atoms with Gasteiger partial charge < -0.3 is 10.1 Å². The molecule has 6 heteroatoms. The molecule has 1 aromatic rings. The molecular formula is C12H17N3O3. The van der Waals surface area contributed by atoms with Gasteiger partial charge in [-0.3, -0.25) is 15.0 Å². The van der Waals surface area contributed by atoms with E-state index in [4.69, 9.17) is 4.74 Å². The maximum absolute atomic E-state index is 10.6. The molecule has 1 N–H and O–H groups in total. The summed E-state index contributed by atoms with van der Waals surface area (Å²) in [4.78, 5) is 12.6. The van der Waals surface area contributed by atoms with Gasteiger partial charge in [-0.2, -0.15) is 0 Å². The second-order valence-corrected chi connectivity index (χ2v) is 4.19. The third-order valence-electron chi connectivity index (χ3n) is 2.92. The quantitative estimate of drug-likeness (QED) is 0.631. The molecule has 1 aliphatic heterocycles. The third-order valence-corrected chi connectivity index (χ3v) is 2.92. The second kappa shape index (κ2) is 6.32. The van der Waals surface area contributed by atoms with Crippen molar-refractivity contribution in [3.8, 4) is 0 Å². The Balaban J connectivity index is 1.78. The molecule has 1 aromatic carbocycles. The van der Waals surface area contributed by atoms with Gasteiger partial charge >= 0.3 is 0 Å². The smallest absolute Gasteiger partial charge is 0.271 e. The van der Waals surface area contributed by atoms with Crippen LogP contribution in [0.2, 0.25) is 0 Å². The fraction of sp³-hybridized carbons (Fsp3) is 0.500. The topological polar surface area (TPSA) is 67.6 Å². The lowest BCUT2D eigenvalue weighted by molar-refractivity contribution is -0.384. The first-order valence-electron chi connectivity index (χ1n) is 6.04. The van der Waals surface area contributed by atoms with E-state index in [-0.39, 0.29) is 10.6 Å². The van der Waals surface area contributed by atoms with Gasteiger partial charge in [-0.1, -0.05) is 6.07 Å². The number of nitrogens with zero attached hydrogens (tertiary/aromatic N) is 2. The minimum Gasteiger partial charge on any atom is -0.384 e. The number of non-ortho nitro benzene ring substituents is 1. The molecule has 98 valence electrons. The fourth-order valence-corrected chi connectivity index (χ4v) is 1.91. The minimum atomic E-state index is -0.382. The molecule has 0 aliphatic carbocycles. The number of nitro benzene ring substituents is 1. The van der Waals surface area contributed by atoms with Gasteiger partial charge in [-0.15, -0.1) is 0 Å². The standard InChI is InChI=1S/C12H17N3O3/c16-15(17)12-3-1-2-11(10-12)13-4-5-14-6-8-18-9-7-14/h1-3,10,13H,4-9H2. The van der Waals surface area contributed by atoms with Crippen molar-refractivity contribution in [3.63, 3.8) is 0 Å². The summed E-state index contributed by atoms with van der Waals surface area (Å²) in [7, 11) is 0. The summed E-state index contributed by atoms with van der Waals surface area (Å²) < 4.78 is 5.27. The number of ether oxygens (including phenoxy) is 1. The zero-order chi connectivity index (χ0) is 12.8. The van der Waals surface area contributed by atoms with E-state index in [9.17, 15) is 10.1 Å². The fourth-order valence-electron chi connectivity index (χ4n) is 1.91. The number of benzene rings is 1. The Morgan fingerprint density at radius 1 is 1.39 bits per heavy atom. The van der Waals surface area contributed by atoms with Crippen LogP contribution in [-0.4, -0.2) is 49.2 Å². The van der Waals surface area contributed by atoms with Crippen molar-refractivity contribution in [1.82, 2.24) is 4.90 Å². The van der Waals surface area contributed by atoms with Crippen molar-refractivity contribution in [1.29, 1.82) is 0 Å². The lowest BCUT2D eigenvalue weighted by Crippen LogP contribution is -2.38. The van der Waals surface area contributed by atoms with Crippen LogP contribution in [0.25, 0.3) is 0 Å². The SMILES string of the molecule is O=[N+]([O-])c1cccc(NCCN2CCOCC2)c1. The summed E-state index contributed by atoms with van der Waals surface area (Å²) in [5.41, 5.74) is 0.906. The van der Waals surface area contributed by atoms with Gasteiger partial charge in [0.2, 0.25) is 0 Å². The third kappa shape index (κ3) is 3.68. The predicted octanol–water partition coefficient (Wildman–Crippen LogP) is 1.34. The molecule has 0 amide bonds. The van der Waals surface area contributed by atoms with Crippen LogP contribution in [-0.2, 0) is 4.74 Å². The molecule has 0 aromatic heterocycles. The van der Waals surface area contributed by atoms with E-state index in [0.29, 0.717) is 0 Å². The molecule has 0 atom stereocenters. The first-order chi connectivity index (χ1) is 8.75. The molecule has 1 heterocycles. The zero-order valence-corrected chi connectivity index (χ0v) is 10.2. The number of anilines is 1. The molecule has 0 radical (unpaired) electrons. The van der Waals surface area contributed by atoms with Gasteiger partial charge in [0.05, 0.1) is 18.1 Å². The summed E-state index contributed by atoms with van der Waals surface area (Å²) in [6.07, 6.45) is 0. The van der Waals surface area contributed by atoms with Crippen molar-refractivity contribution in [2.24, 2.45) is 0 Å². The lowest BCUT2D eigenvalue weighted by atomic mass is 10.3. The lowest BCUT2D eigenvalue weighted by Gasteiger charge is -2.26. The average molecular weight is 251 g/mol. The van der Waals surface area contributed by atoms with Gasteiger partial charge in [-0.25, -0.2) is 0 Å². The van der Waals surface area contributed by atoms with E-state index >= 15 is 0 Å². The normalized spacial score (nSPS) is 16.4. The summed E-state index contributed by atoms with van der Waals surface area (Å²) >= 11 is 0. The highest BCUT2D eigenvalue weighted by Crippen LogP contribution is 2.16. The van der Waals surface area contributed by atoms with E-state index in [0.717, 1.165) is 45.1 Å². The zero-order valence-electron chi connectivity index (χ0n) is 10.2. The summed E-state index contributed by atoms with van der Waals surface area (Å²) in [5.74, 6) is 0. The first-order valence-corrected chi connectivity index (χ1v) is 6.04. The van der Waals surface area contributed by atoms with Gasteiger partial charge in [0.1, 0.15) is 0 Å². The molecule has 0 unspecified atom stereocenters. The maximum Gasteiger partial charge on any atom is 0.271 e. The van der Waals surface area contributed by atoms with Crippen LogP contribution >= 0.6 is 0 Å². The highest BCUT2D eigenvalue weighted by Gasteiger charge is 2.09. The van der Waals surface area contributed by atoms with Crippen molar-refractivity contribution < 1.29 is 9.66 Å². The predicted molar refractivity (Wildman–Crippen MR) is 68.8 cm³/mol. The number of hydrogen-bond acceptors (Lipinski definition) is 5. The summed E-state index contributed by atoms with van der Waals surface area (Å²) in [6.45, 7) is 5.19. The Hall–Kier alpha value is -1.66. The van der Waals surface area contributed by atoms with Crippen LogP contribution in [0.4, 0.5) is 11.4 Å². The van der Waals surface area contributed by atoms with E-state index in [1.165, 1.54) is 6.07 Å². The van der Waals surface area contributed by atoms with E-state index in [2.05, 4.69) is 10.2 Å². The van der Waals surface area contributed by atoms with Crippen molar-refractivity contribution in [3.05, 3.63) is 34.4 Å². The van der Waals surface area contributed by atoms with Crippen LogP contribution in [0.5, 0.6) is 0 Å². The Morgan fingerprint density at radius 3 is 2.89 bits per heavy atom. The van der Waals surface area contributed by atoms with Crippen LogP contribution in [0.15, 0.2) is 24.3 Å². The van der Waals surface area contributed by atoms with Crippen molar-refractivity contribution in [2.75, 3.05) is 44.7 Å². The number of rotatable bonds is 5. The molecule has 0 saturated carbocycles. The van der Waals surface area contributed by atoms with Crippen LogP contribution in [0, 0.1) is 10.1 Å². The number of hydrogen-bond donors (Lipinski definition) is 1. The number of nitrogens with one attached hydrogen (secondary N) is 1. The summed E-state index contributed by atoms with van der Waals surface area (Å²) in [6, 6.07) is 6.58. The van der Waals surface area contributed by atoms with Crippen LogP contribution in [0.3, 0.4) is 0 Å². The second-order valence-electron chi connectivity index (χ2n) is 4.19. The highest BCUT2D eigenvalue weighted by molar-refractivity contribution is 5.50. The first kappa shape index (κ1) is 12.8. The minimum absolute atomic E-state index is 0.117. The van der Waals surface area contributed by atoms with Gasteiger partial charge in [0.25, 0.3) is 5.69 Å². The van der Waals surface area contributed by atoms with E-state index < -0.39 is 0 Å². The summed E-state index contributed by atoms with van der Waals surface area (Å²) in [5, 5.41) is 13.8. The van der Waals surface area contributed by atoms with E-state index in [1.807, 2.05) is 6.07 Å². The molecule has 0 bridgehead atoms. The molecular weight excluding hydrogens is 234 g/mol. The maximum atomic E-state index is 10.6. The van der Waals surface area contributed by atoms with Crippen molar-refractivity contribution >= 4 is 11.4 Å². The molecule has 1 aliphatic rings. The number of morpholine rings is 1. The van der Waals surface area contributed by atoms with Gasteiger partial charge in [-0.05, 0) is 6.07 Å². The number of nitro groups is 1. The van der Waals surface area contributed by atoms with Crippen molar-refractivity contribution in [2.45, 2.75) is 0 Å². The van der Waals surface area contributed by atoms with Crippen LogP contribution in [0.1, 0.15) is 0 Å². The Kier molecular flexibility index (Phi) is 4.49. The Bertz CT molecular complexity index is 405. The van der Waals surface area contributed by atoms with Gasteiger partial charge in [0, 0.05) is 44.0 Å². The monoisotopic (exact) mass is 251 g/mol. The molecule has 1 saturated heterocycles. The van der Waals surface area contributed by atoms with Gasteiger partial charge in [0.15, 0.2) is 0 Å². The Labute approximate surface area is 106 Å². The van der Waals surface area contributed by atoms with E-state index in [1.54, 1.807) is 12.1 Å². The molecule has 2 rings (SSSR count). The largest absolute Gasteiger partial charge is 0.384 e. The molecule has 0 spiro atoms. The highest BCUT2D eigenvalue weighted by atomic mass is 16.6. The molecule has 6 nitrogen and oxygen atoms in total. The Morgan fingerprint density at radius 2 is 2.17 bits per heavy atom. The molecule has 18 heavy (non-hydrogen) atoms. The molecule has 1 fully saturated rings. The average Bonchev–Trinajstić information content (AvgIpc) is 2.40. The van der Waals surface area contributed by atoms with Crippen LogP contribution < -0.4 is 5.32 Å².